The summed E-state index contributed by atoms with van der Waals surface area (Å²) in [6.45, 7) is 1.77. The lowest BCUT2D eigenvalue weighted by Gasteiger charge is -2.02. The average molecular weight is 272 g/mol. The van der Waals surface area contributed by atoms with Gasteiger partial charge in [-0.3, -0.25) is 14.3 Å². The van der Waals surface area contributed by atoms with E-state index in [9.17, 15) is 9.59 Å². The van der Waals surface area contributed by atoms with Gasteiger partial charge < -0.3 is 10.2 Å². The molecule has 0 aliphatic rings. The predicted molar refractivity (Wildman–Crippen MR) is 73.6 cm³/mol. The second kappa shape index (κ2) is 4.37. The van der Waals surface area contributed by atoms with E-state index in [4.69, 9.17) is 10.2 Å². The van der Waals surface area contributed by atoms with Crippen molar-refractivity contribution in [3.8, 4) is 0 Å². The monoisotopic (exact) mass is 272 g/mol. The number of fused-ring (bicyclic) bond motifs is 1. The molecule has 0 spiro atoms. The van der Waals surface area contributed by atoms with Crippen LogP contribution in [0.25, 0.3) is 11.1 Å². The molecule has 3 N–H and O–H groups in total. The summed E-state index contributed by atoms with van der Waals surface area (Å²) in [6.07, 6.45) is 1.48. The molecule has 0 aliphatic heterocycles. The molecule has 102 valence electrons. The van der Waals surface area contributed by atoms with Crippen molar-refractivity contribution in [2.24, 2.45) is 0 Å². The minimum absolute atomic E-state index is 0.144. The number of anilines is 1. The van der Waals surface area contributed by atoms with Crippen LogP contribution in [0.15, 0.2) is 38.4 Å². The van der Waals surface area contributed by atoms with E-state index >= 15 is 0 Å². The molecule has 0 fully saturated rings. The van der Waals surface area contributed by atoms with E-state index in [1.807, 2.05) is 0 Å². The van der Waals surface area contributed by atoms with E-state index in [0.29, 0.717) is 28.2 Å². The number of hydrogen-bond acceptors (Lipinski definition) is 5. The fraction of sp³-hybridized carbons (Fsp3) is 0.154. The van der Waals surface area contributed by atoms with Crippen LogP contribution in [0.2, 0.25) is 0 Å². The van der Waals surface area contributed by atoms with Crippen molar-refractivity contribution < 1.29 is 4.42 Å². The number of hydrogen-bond donors (Lipinski definition) is 2. The van der Waals surface area contributed by atoms with Gasteiger partial charge in [-0.05, 0) is 25.1 Å². The van der Waals surface area contributed by atoms with Gasteiger partial charge in [0.15, 0.2) is 5.58 Å². The zero-order valence-electron chi connectivity index (χ0n) is 10.7. The third-order valence-electron chi connectivity index (χ3n) is 2.95. The highest BCUT2D eigenvalue weighted by Crippen LogP contribution is 2.18. The zero-order chi connectivity index (χ0) is 14.3. The first kappa shape index (κ1) is 12.2. The first-order valence-corrected chi connectivity index (χ1v) is 5.98. The molecule has 0 atom stereocenters. The normalized spacial score (nSPS) is 11.1. The maximum Gasteiger partial charge on any atom is 0.328 e. The van der Waals surface area contributed by atoms with Crippen LogP contribution in [0, 0.1) is 6.92 Å². The number of aromatic nitrogens is 3. The maximum atomic E-state index is 11.7. The molecule has 0 aliphatic carbocycles. The molecule has 0 radical (unpaired) electrons. The molecule has 0 bridgehead atoms. The highest BCUT2D eigenvalue weighted by molar-refractivity contribution is 5.76. The summed E-state index contributed by atoms with van der Waals surface area (Å²) in [5, 5.41) is 0. The Labute approximate surface area is 112 Å². The van der Waals surface area contributed by atoms with Crippen molar-refractivity contribution in [2.45, 2.75) is 13.5 Å². The minimum Gasteiger partial charge on any atom is -0.439 e. The van der Waals surface area contributed by atoms with Crippen LogP contribution in [0.4, 0.5) is 5.69 Å². The Morgan fingerprint density at radius 2 is 2.20 bits per heavy atom. The number of nitrogens with zero attached hydrogens (tertiary/aromatic N) is 2. The van der Waals surface area contributed by atoms with Gasteiger partial charge in [-0.2, -0.15) is 0 Å². The number of aryl methyl sites for hydroxylation is 1. The van der Waals surface area contributed by atoms with Gasteiger partial charge in [0.2, 0.25) is 5.89 Å². The van der Waals surface area contributed by atoms with Crippen LogP contribution >= 0.6 is 0 Å². The van der Waals surface area contributed by atoms with Crippen molar-refractivity contribution >= 4 is 16.8 Å². The molecule has 3 rings (SSSR count). The van der Waals surface area contributed by atoms with Gasteiger partial charge in [0.1, 0.15) is 12.1 Å². The Hall–Kier alpha value is -2.83. The average Bonchev–Trinajstić information content (AvgIpc) is 2.77. The molecule has 2 aromatic heterocycles. The number of nitrogens with one attached hydrogen (secondary N) is 1. The van der Waals surface area contributed by atoms with Crippen molar-refractivity contribution in [2.75, 3.05) is 5.73 Å². The van der Waals surface area contributed by atoms with Crippen molar-refractivity contribution in [3.05, 3.63) is 56.7 Å². The largest absolute Gasteiger partial charge is 0.439 e. The molecular formula is C13H12N4O3. The SMILES string of the molecule is Cc1cn(Cc2nc3cc(N)ccc3o2)c(=O)[nH]c1=O. The molecule has 0 amide bonds. The molecular weight excluding hydrogens is 260 g/mol. The quantitative estimate of drug-likeness (QED) is 0.665. The van der Waals surface area contributed by atoms with Crippen LogP contribution in [-0.2, 0) is 6.54 Å². The summed E-state index contributed by atoms with van der Waals surface area (Å²) in [5.74, 6) is 0.374. The van der Waals surface area contributed by atoms with E-state index in [1.54, 1.807) is 25.1 Å². The Bertz CT molecular complexity index is 904. The summed E-state index contributed by atoms with van der Waals surface area (Å²) in [6, 6.07) is 5.14. The number of benzene rings is 1. The molecule has 7 nitrogen and oxygen atoms in total. The van der Waals surface area contributed by atoms with Gasteiger partial charge in [-0.1, -0.05) is 0 Å². The lowest BCUT2D eigenvalue weighted by Crippen LogP contribution is -2.31. The van der Waals surface area contributed by atoms with Gasteiger partial charge in [0, 0.05) is 17.4 Å². The number of rotatable bonds is 2. The molecule has 0 unspecified atom stereocenters. The predicted octanol–water partition coefficient (Wildman–Crippen LogP) is 0.617. The summed E-state index contributed by atoms with van der Waals surface area (Å²) < 4.78 is 6.87. The van der Waals surface area contributed by atoms with Crippen molar-refractivity contribution in [1.29, 1.82) is 0 Å². The van der Waals surface area contributed by atoms with E-state index < -0.39 is 11.2 Å². The van der Waals surface area contributed by atoms with Gasteiger partial charge in [-0.25, -0.2) is 9.78 Å². The van der Waals surface area contributed by atoms with Gasteiger partial charge in [0.25, 0.3) is 5.56 Å². The van der Waals surface area contributed by atoms with E-state index in [-0.39, 0.29) is 6.54 Å². The fourth-order valence-electron chi connectivity index (χ4n) is 1.94. The Morgan fingerprint density at radius 1 is 1.40 bits per heavy atom. The first-order chi connectivity index (χ1) is 9.52. The lowest BCUT2D eigenvalue weighted by molar-refractivity contribution is 0.499. The van der Waals surface area contributed by atoms with Crippen LogP contribution < -0.4 is 17.0 Å². The Kier molecular flexibility index (Phi) is 2.67. The zero-order valence-corrected chi connectivity index (χ0v) is 10.7. The molecule has 20 heavy (non-hydrogen) atoms. The summed E-state index contributed by atoms with van der Waals surface area (Å²) in [7, 11) is 0. The highest BCUT2D eigenvalue weighted by atomic mass is 16.3. The van der Waals surface area contributed by atoms with Crippen molar-refractivity contribution in [1.82, 2.24) is 14.5 Å². The third kappa shape index (κ3) is 2.09. The Morgan fingerprint density at radius 3 is 3.00 bits per heavy atom. The standard InChI is InChI=1S/C13H12N4O3/c1-7-5-17(13(19)16-12(7)18)6-11-15-9-4-8(14)2-3-10(9)20-11/h2-5H,6,14H2,1H3,(H,16,18,19). The molecule has 2 heterocycles. The number of nitrogens with two attached hydrogens (primary N) is 1. The van der Waals surface area contributed by atoms with Crippen LogP contribution in [0.3, 0.4) is 0 Å². The lowest BCUT2D eigenvalue weighted by atomic mass is 10.3. The van der Waals surface area contributed by atoms with Gasteiger partial charge >= 0.3 is 5.69 Å². The smallest absolute Gasteiger partial charge is 0.328 e. The second-order valence-corrected chi connectivity index (χ2v) is 4.53. The maximum absolute atomic E-state index is 11.7. The van der Waals surface area contributed by atoms with Gasteiger partial charge in [-0.15, -0.1) is 0 Å². The van der Waals surface area contributed by atoms with Crippen LogP contribution in [0.1, 0.15) is 11.5 Å². The van der Waals surface area contributed by atoms with Crippen molar-refractivity contribution in [3.63, 3.8) is 0 Å². The number of oxazole rings is 1. The molecule has 0 saturated heterocycles. The molecule has 3 aromatic rings. The van der Waals surface area contributed by atoms with E-state index in [0.717, 1.165) is 0 Å². The summed E-state index contributed by atoms with van der Waals surface area (Å²) in [4.78, 5) is 29.5. The topological polar surface area (TPSA) is 107 Å². The van der Waals surface area contributed by atoms with E-state index in [2.05, 4.69) is 9.97 Å². The summed E-state index contributed by atoms with van der Waals surface area (Å²) >= 11 is 0. The molecule has 0 saturated carbocycles. The second-order valence-electron chi connectivity index (χ2n) is 4.53. The van der Waals surface area contributed by atoms with Crippen LogP contribution in [-0.4, -0.2) is 14.5 Å². The minimum atomic E-state index is -0.498. The van der Waals surface area contributed by atoms with Crippen LogP contribution in [0.5, 0.6) is 0 Å². The number of nitrogen functional groups attached to an aromatic ring is 1. The summed E-state index contributed by atoms with van der Waals surface area (Å²) in [5.41, 5.74) is 7.05. The first-order valence-electron chi connectivity index (χ1n) is 5.98. The van der Waals surface area contributed by atoms with Gasteiger partial charge in [0.05, 0.1) is 0 Å². The Balaban J connectivity index is 2.03. The molecule has 7 heteroatoms. The third-order valence-corrected chi connectivity index (χ3v) is 2.95. The molecule has 1 aromatic carbocycles. The number of H-pyrrole nitrogens is 1. The van der Waals surface area contributed by atoms with E-state index in [1.165, 1.54) is 10.8 Å². The highest BCUT2D eigenvalue weighted by Gasteiger charge is 2.08. The number of aromatic amines is 1. The fourth-order valence-corrected chi connectivity index (χ4v) is 1.94.